The summed E-state index contributed by atoms with van der Waals surface area (Å²) in [7, 11) is 0. The normalized spacial score (nSPS) is 19.4. The van der Waals surface area contributed by atoms with E-state index < -0.39 is 0 Å². The Morgan fingerprint density at radius 2 is 2.12 bits per heavy atom. The second-order valence-electron chi connectivity index (χ2n) is 4.39. The van der Waals surface area contributed by atoms with Crippen molar-refractivity contribution in [2.75, 3.05) is 6.54 Å². The number of hydrogen-bond acceptors (Lipinski definition) is 2. The van der Waals surface area contributed by atoms with E-state index >= 15 is 0 Å². The van der Waals surface area contributed by atoms with E-state index in [1.807, 2.05) is 9.47 Å². The smallest absolute Gasteiger partial charge is 0.291 e. The minimum Gasteiger partial charge on any atom is -0.318 e. The van der Waals surface area contributed by atoms with Gasteiger partial charge in [0, 0.05) is 6.54 Å². The van der Waals surface area contributed by atoms with Crippen LogP contribution < -0.4 is 0 Å². The number of hydrogen-bond donors (Lipinski definition) is 0. The van der Waals surface area contributed by atoms with E-state index in [1.165, 1.54) is 12.8 Å². The maximum atomic E-state index is 12.0. The first-order valence-corrected chi connectivity index (χ1v) is 6.96. The number of rotatable bonds is 3. The van der Waals surface area contributed by atoms with E-state index in [0.717, 1.165) is 23.5 Å². The lowest BCUT2D eigenvalue weighted by Crippen LogP contribution is -2.26. The van der Waals surface area contributed by atoms with Crippen molar-refractivity contribution >= 4 is 37.8 Å². The van der Waals surface area contributed by atoms with Gasteiger partial charge in [0.25, 0.3) is 5.91 Å². The summed E-state index contributed by atoms with van der Waals surface area (Å²) in [6.07, 6.45) is 3.80. The monoisotopic (exact) mass is 347 g/mol. The number of aromatic nitrogens is 2. The Labute approximate surface area is 110 Å². The highest BCUT2D eigenvalue weighted by Crippen LogP contribution is 2.34. The third-order valence-corrected chi connectivity index (χ3v) is 5.05. The molecule has 0 atom stereocenters. The molecule has 0 radical (unpaired) electrons. The quantitative estimate of drug-likeness (QED) is 0.842. The molecule has 0 aromatic carbocycles. The molecule has 0 saturated heterocycles. The molecule has 1 amide bonds. The van der Waals surface area contributed by atoms with Crippen LogP contribution in [0, 0.1) is 5.92 Å². The van der Waals surface area contributed by atoms with Crippen LogP contribution in [0.3, 0.4) is 0 Å². The fourth-order valence-electron chi connectivity index (χ4n) is 1.99. The molecule has 16 heavy (non-hydrogen) atoms. The largest absolute Gasteiger partial charge is 0.318 e. The molecule has 86 valence electrons. The second-order valence-corrected chi connectivity index (χ2v) is 5.89. The number of nitrogens with zero attached hydrogens (tertiary/aromatic N) is 3. The molecule has 3 rings (SSSR count). The molecule has 6 heteroatoms. The molecule has 2 aliphatic rings. The molecule has 1 aliphatic heterocycles. The average Bonchev–Trinajstić information content (AvgIpc) is 2.99. The first-order valence-electron chi connectivity index (χ1n) is 5.37. The summed E-state index contributed by atoms with van der Waals surface area (Å²) in [5.74, 6) is 1.44. The Kier molecular flexibility index (Phi) is 2.58. The van der Waals surface area contributed by atoms with Gasteiger partial charge in [-0.05, 0) is 44.2 Å². The van der Waals surface area contributed by atoms with Crippen LogP contribution in [0.15, 0.2) is 9.21 Å². The summed E-state index contributed by atoms with van der Waals surface area (Å²) in [5, 5.41) is 0. The van der Waals surface area contributed by atoms with Gasteiger partial charge in [0.2, 0.25) is 5.82 Å². The van der Waals surface area contributed by atoms with Crippen molar-refractivity contribution in [1.29, 1.82) is 0 Å². The van der Waals surface area contributed by atoms with Crippen LogP contribution in [0.1, 0.15) is 29.9 Å². The van der Waals surface area contributed by atoms with Crippen LogP contribution >= 0.6 is 31.9 Å². The first-order chi connectivity index (χ1) is 7.66. The zero-order chi connectivity index (χ0) is 11.3. The first kappa shape index (κ1) is 10.8. The van der Waals surface area contributed by atoms with Gasteiger partial charge in [-0.15, -0.1) is 0 Å². The maximum Gasteiger partial charge on any atom is 0.291 e. The number of imidazole rings is 1. The summed E-state index contributed by atoms with van der Waals surface area (Å²) in [6.45, 7) is 1.48. The lowest BCUT2D eigenvalue weighted by Gasteiger charge is -2.14. The summed E-state index contributed by atoms with van der Waals surface area (Å²) in [4.78, 5) is 18.1. The van der Waals surface area contributed by atoms with E-state index in [2.05, 4.69) is 36.8 Å². The topological polar surface area (TPSA) is 38.1 Å². The molecular formula is C10H11Br2N3O. The molecule has 0 unspecified atom stereocenters. The van der Waals surface area contributed by atoms with Gasteiger partial charge in [-0.1, -0.05) is 12.8 Å². The zero-order valence-electron chi connectivity index (χ0n) is 8.62. The molecule has 1 aromatic heterocycles. The molecule has 0 spiro atoms. The third-order valence-electron chi connectivity index (χ3n) is 3.16. The SMILES string of the molecule is O=C1c2nc(Br)c(Br)n2CN1CCC1CC1. The summed E-state index contributed by atoms with van der Waals surface area (Å²) in [5.41, 5.74) is 0. The Bertz CT molecular complexity index is 453. The number of amides is 1. The molecule has 4 nitrogen and oxygen atoms in total. The number of carbonyl (C=O) groups is 1. The summed E-state index contributed by atoms with van der Waals surface area (Å²) >= 11 is 6.73. The standard InChI is InChI=1S/C10H11Br2N3O/c11-7-8(12)15-5-14(4-3-6-1-2-6)10(16)9(15)13-7/h6H,1-5H2. The van der Waals surface area contributed by atoms with E-state index in [1.54, 1.807) is 0 Å². The van der Waals surface area contributed by atoms with Gasteiger partial charge >= 0.3 is 0 Å². The fourth-order valence-corrected chi connectivity index (χ4v) is 2.74. The van der Waals surface area contributed by atoms with Crippen molar-refractivity contribution in [2.24, 2.45) is 5.92 Å². The molecule has 2 heterocycles. The second kappa shape index (κ2) is 3.84. The molecule has 1 aliphatic carbocycles. The number of fused-ring (bicyclic) bond motifs is 1. The van der Waals surface area contributed by atoms with Gasteiger partial charge in [0.1, 0.15) is 15.9 Å². The van der Waals surface area contributed by atoms with Gasteiger partial charge in [0.05, 0.1) is 0 Å². The van der Waals surface area contributed by atoms with Gasteiger partial charge in [-0.25, -0.2) is 4.98 Å². The van der Waals surface area contributed by atoms with Gasteiger partial charge in [-0.3, -0.25) is 9.36 Å². The molecule has 1 saturated carbocycles. The van der Waals surface area contributed by atoms with Crippen LogP contribution in [-0.4, -0.2) is 26.9 Å². The van der Waals surface area contributed by atoms with Gasteiger partial charge in [0.15, 0.2) is 0 Å². The van der Waals surface area contributed by atoms with E-state index in [4.69, 9.17) is 0 Å². The van der Waals surface area contributed by atoms with E-state index in [-0.39, 0.29) is 5.91 Å². The Morgan fingerprint density at radius 1 is 1.38 bits per heavy atom. The van der Waals surface area contributed by atoms with Gasteiger partial charge in [-0.2, -0.15) is 0 Å². The molecule has 1 aromatic rings. The van der Waals surface area contributed by atoms with Gasteiger partial charge < -0.3 is 4.90 Å². The molecule has 1 fully saturated rings. The number of carbonyl (C=O) groups excluding carboxylic acids is 1. The van der Waals surface area contributed by atoms with Crippen molar-refractivity contribution in [3.05, 3.63) is 15.0 Å². The molecule has 0 N–H and O–H groups in total. The molecular weight excluding hydrogens is 338 g/mol. The van der Waals surface area contributed by atoms with Crippen molar-refractivity contribution in [3.63, 3.8) is 0 Å². The average molecular weight is 349 g/mol. The van der Waals surface area contributed by atoms with Crippen LogP contribution in [-0.2, 0) is 6.67 Å². The van der Waals surface area contributed by atoms with Crippen LogP contribution in [0.5, 0.6) is 0 Å². The lowest BCUT2D eigenvalue weighted by atomic mass is 10.3. The highest BCUT2D eigenvalue weighted by molar-refractivity contribution is 9.13. The maximum absolute atomic E-state index is 12.0. The van der Waals surface area contributed by atoms with Crippen molar-refractivity contribution in [2.45, 2.75) is 25.9 Å². The highest BCUT2D eigenvalue weighted by atomic mass is 79.9. The summed E-state index contributed by atoms with van der Waals surface area (Å²) < 4.78 is 3.46. The van der Waals surface area contributed by atoms with Crippen molar-refractivity contribution in [1.82, 2.24) is 14.5 Å². The molecule has 0 bridgehead atoms. The van der Waals surface area contributed by atoms with Crippen LogP contribution in [0.2, 0.25) is 0 Å². The predicted octanol–water partition coefficient (Wildman–Crippen LogP) is 2.62. The van der Waals surface area contributed by atoms with Crippen LogP contribution in [0.25, 0.3) is 0 Å². The third kappa shape index (κ3) is 1.72. The Balaban J connectivity index is 1.75. The van der Waals surface area contributed by atoms with E-state index in [0.29, 0.717) is 17.1 Å². The Hall–Kier alpha value is -0.360. The highest BCUT2D eigenvalue weighted by Gasteiger charge is 2.33. The van der Waals surface area contributed by atoms with Crippen molar-refractivity contribution < 1.29 is 4.79 Å². The Morgan fingerprint density at radius 3 is 2.75 bits per heavy atom. The fraction of sp³-hybridized carbons (Fsp3) is 0.600. The van der Waals surface area contributed by atoms with Crippen molar-refractivity contribution in [3.8, 4) is 0 Å². The van der Waals surface area contributed by atoms with E-state index in [9.17, 15) is 4.79 Å². The van der Waals surface area contributed by atoms with Crippen LogP contribution in [0.4, 0.5) is 0 Å². The predicted molar refractivity (Wildman–Crippen MR) is 66.0 cm³/mol. The zero-order valence-corrected chi connectivity index (χ0v) is 11.8. The number of halogens is 2. The lowest BCUT2D eigenvalue weighted by molar-refractivity contribution is 0.0761. The minimum absolute atomic E-state index is 0.0482. The summed E-state index contributed by atoms with van der Waals surface area (Å²) in [6, 6.07) is 0. The minimum atomic E-state index is 0.0482.